The van der Waals surface area contributed by atoms with Gasteiger partial charge in [0.15, 0.2) is 0 Å². The summed E-state index contributed by atoms with van der Waals surface area (Å²) in [6.07, 6.45) is 0.570. The predicted octanol–water partition coefficient (Wildman–Crippen LogP) is 3.37. The van der Waals surface area contributed by atoms with Crippen molar-refractivity contribution in [3.8, 4) is 5.75 Å². The Kier molecular flexibility index (Phi) is 3.94. The molecule has 1 aromatic carbocycles. The minimum Gasteiger partial charge on any atom is -0.508 e. The van der Waals surface area contributed by atoms with Crippen molar-refractivity contribution in [1.82, 2.24) is 5.01 Å². The van der Waals surface area contributed by atoms with E-state index < -0.39 is 0 Å². The molecule has 3 rings (SSSR count). The van der Waals surface area contributed by atoms with E-state index in [0.717, 1.165) is 10.6 Å². The van der Waals surface area contributed by atoms with Crippen LogP contribution in [0, 0.1) is 0 Å². The minimum atomic E-state index is -0.311. The second-order valence-corrected chi connectivity index (χ2v) is 5.89. The van der Waals surface area contributed by atoms with Crippen LogP contribution in [0.5, 0.6) is 5.75 Å². The summed E-state index contributed by atoms with van der Waals surface area (Å²) in [6.45, 7) is 0. The molecule has 0 saturated carbocycles. The van der Waals surface area contributed by atoms with E-state index in [1.807, 2.05) is 23.6 Å². The standard InChI is InChI=1S/C15H13ClN2O2S/c16-9-15(20)18-12(10-4-1-2-5-13(10)19)8-11(17-18)14-6-3-7-21-14/h1-7,12,19H,8-9H2/t12-/m1/s1. The van der Waals surface area contributed by atoms with Gasteiger partial charge in [-0.25, -0.2) is 5.01 Å². The lowest BCUT2D eigenvalue weighted by Crippen LogP contribution is -2.28. The molecule has 108 valence electrons. The average molecular weight is 321 g/mol. The number of halogens is 1. The van der Waals surface area contributed by atoms with E-state index in [1.54, 1.807) is 29.5 Å². The van der Waals surface area contributed by atoms with Gasteiger partial charge >= 0.3 is 0 Å². The largest absolute Gasteiger partial charge is 0.508 e. The molecule has 0 bridgehead atoms. The van der Waals surface area contributed by atoms with Gasteiger partial charge in [0, 0.05) is 12.0 Å². The Hall–Kier alpha value is -1.85. The monoisotopic (exact) mass is 320 g/mol. The fourth-order valence-corrected chi connectivity index (χ4v) is 3.25. The number of amides is 1. The molecule has 1 aliphatic heterocycles. The number of nitrogens with zero attached hydrogens (tertiary/aromatic N) is 2. The van der Waals surface area contributed by atoms with Crippen LogP contribution in [0.3, 0.4) is 0 Å². The summed E-state index contributed by atoms with van der Waals surface area (Å²) in [4.78, 5) is 13.1. The van der Waals surface area contributed by atoms with Gasteiger partial charge in [0.25, 0.3) is 5.91 Å². The summed E-state index contributed by atoms with van der Waals surface area (Å²) in [5.41, 5.74) is 1.53. The van der Waals surface area contributed by atoms with E-state index in [1.165, 1.54) is 5.01 Å². The van der Waals surface area contributed by atoms with Crippen LogP contribution < -0.4 is 0 Å². The number of benzene rings is 1. The number of phenolic OH excluding ortho intramolecular Hbond substituents is 1. The third-order valence-electron chi connectivity index (χ3n) is 3.38. The first-order chi connectivity index (χ1) is 10.2. The van der Waals surface area contributed by atoms with Crippen molar-refractivity contribution in [2.24, 2.45) is 5.10 Å². The van der Waals surface area contributed by atoms with Gasteiger partial charge in [-0.15, -0.1) is 22.9 Å². The normalized spacial score (nSPS) is 17.9. The van der Waals surface area contributed by atoms with Crippen molar-refractivity contribution in [3.05, 3.63) is 52.2 Å². The predicted molar refractivity (Wildman–Crippen MR) is 83.9 cm³/mol. The van der Waals surface area contributed by atoms with Crippen LogP contribution in [0.15, 0.2) is 46.9 Å². The summed E-state index contributed by atoms with van der Waals surface area (Å²) >= 11 is 7.26. The van der Waals surface area contributed by atoms with Gasteiger partial charge in [0.1, 0.15) is 11.6 Å². The fraction of sp³-hybridized carbons (Fsp3) is 0.200. The lowest BCUT2D eigenvalue weighted by atomic mass is 10.0. The highest BCUT2D eigenvalue weighted by atomic mass is 35.5. The quantitative estimate of drug-likeness (QED) is 0.882. The number of aromatic hydroxyl groups is 1. The molecule has 1 aromatic heterocycles. The molecule has 0 radical (unpaired) electrons. The lowest BCUT2D eigenvalue weighted by molar-refractivity contribution is -0.130. The molecular weight excluding hydrogens is 308 g/mol. The third-order valence-corrected chi connectivity index (χ3v) is 4.53. The van der Waals surface area contributed by atoms with E-state index in [2.05, 4.69) is 5.10 Å². The number of para-hydroxylation sites is 1. The second kappa shape index (κ2) is 5.87. The molecule has 0 fully saturated rings. The Morgan fingerprint density at radius 2 is 2.19 bits per heavy atom. The number of carbonyl (C=O) groups is 1. The summed E-state index contributed by atoms with van der Waals surface area (Å²) in [6, 6.07) is 10.6. The molecule has 0 spiro atoms. The maximum absolute atomic E-state index is 12.0. The number of carbonyl (C=O) groups excluding carboxylic acids is 1. The van der Waals surface area contributed by atoms with E-state index >= 15 is 0 Å². The first-order valence-corrected chi connectivity index (χ1v) is 7.89. The van der Waals surface area contributed by atoms with Crippen molar-refractivity contribution in [3.63, 3.8) is 0 Å². The molecule has 0 saturated heterocycles. The summed E-state index contributed by atoms with van der Waals surface area (Å²) in [7, 11) is 0. The molecule has 2 aromatic rings. The molecule has 1 amide bonds. The molecule has 1 atom stereocenters. The van der Waals surface area contributed by atoms with Crippen LogP contribution in [0.1, 0.15) is 22.9 Å². The van der Waals surface area contributed by atoms with E-state index in [-0.39, 0.29) is 23.6 Å². The van der Waals surface area contributed by atoms with Crippen molar-refractivity contribution >= 4 is 34.6 Å². The number of alkyl halides is 1. The Morgan fingerprint density at radius 1 is 1.38 bits per heavy atom. The Morgan fingerprint density at radius 3 is 2.86 bits per heavy atom. The maximum atomic E-state index is 12.0. The first kappa shape index (κ1) is 14.1. The molecular formula is C15H13ClN2O2S. The maximum Gasteiger partial charge on any atom is 0.258 e. The van der Waals surface area contributed by atoms with Gasteiger partial charge in [0.2, 0.25) is 0 Å². The fourth-order valence-electron chi connectivity index (χ4n) is 2.40. The highest BCUT2D eigenvalue weighted by Crippen LogP contribution is 2.37. The molecule has 1 aliphatic rings. The highest BCUT2D eigenvalue weighted by Gasteiger charge is 2.34. The number of rotatable bonds is 3. The first-order valence-electron chi connectivity index (χ1n) is 6.48. The van der Waals surface area contributed by atoms with E-state index in [9.17, 15) is 9.90 Å². The minimum absolute atomic E-state index is 0.134. The van der Waals surface area contributed by atoms with Gasteiger partial charge in [-0.3, -0.25) is 4.79 Å². The molecule has 2 heterocycles. The van der Waals surface area contributed by atoms with Crippen molar-refractivity contribution < 1.29 is 9.90 Å². The molecule has 0 aliphatic carbocycles. The highest BCUT2D eigenvalue weighted by molar-refractivity contribution is 7.12. The smallest absolute Gasteiger partial charge is 0.258 e. The van der Waals surface area contributed by atoms with Crippen LogP contribution >= 0.6 is 22.9 Å². The Balaban J connectivity index is 1.98. The van der Waals surface area contributed by atoms with Crippen molar-refractivity contribution in [2.45, 2.75) is 12.5 Å². The summed E-state index contributed by atoms with van der Waals surface area (Å²) < 4.78 is 0. The van der Waals surface area contributed by atoms with Gasteiger partial charge in [0.05, 0.1) is 16.6 Å². The SMILES string of the molecule is O=C(CCl)N1N=C(c2cccs2)C[C@@H]1c1ccccc1O. The average Bonchev–Trinajstić information content (AvgIpc) is 3.16. The topological polar surface area (TPSA) is 52.9 Å². The summed E-state index contributed by atoms with van der Waals surface area (Å²) in [5.74, 6) is -0.236. The number of phenols is 1. The van der Waals surface area contributed by atoms with E-state index in [0.29, 0.717) is 12.0 Å². The Labute approximate surface area is 131 Å². The van der Waals surface area contributed by atoms with Crippen LogP contribution in [-0.4, -0.2) is 27.6 Å². The van der Waals surface area contributed by atoms with Crippen LogP contribution in [0.4, 0.5) is 0 Å². The molecule has 4 nitrogen and oxygen atoms in total. The zero-order chi connectivity index (χ0) is 14.8. The molecule has 1 N–H and O–H groups in total. The molecule has 6 heteroatoms. The Bertz CT molecular complexity index is 685. The van der Waals surface area contributed by atoms with E-state index in [4.69, 9.17) is 11.6 Å². The zero-order valence-corrected chi connectivity index (χ0v) is 12.6. The number of hydrogen-bond acceptors (Lipinski definition) is 4. The molecule has 21 heavy (non-hydrogen) atoms. The number of hydrogen-bond donors (Lipinski definition) is 1. The second-order valence-electron chi connectivity index (χ2n) is 4.67. The van der Waals surface area contributed by atoms with Crippen molar-refractivity contribution in [1.29, 1.82) is 0 Å². The number of thiophene rings is 1. The van der Waals surface area contributed by atoms with Gasteiger partial charge in [-0.2, -0.15) is 5.10 Å². The van der Waals surface area contributed by atoms with Gasteiger partial charge in [-0.05, 0) is 17.5 Å². The van der Waals surface area contributed by atoms with Crippen LogP contribution in [-0.2, 0) is 4.79 Å². The van der Waals surface area contributed by atoms with Crippen LogP contribution in [0.2, 0.25) is 0 Å². The number of hydrazone groups is 1. The van der Waals surface area contributed by atoms with Gasteiger partial charge in [-0.1, -0.05) is 24.3 Å². The lowest BCUT2D eigenvalue weighted by Gasteiger charge is -2.21. The third kappa shape index (κ3) is 2.66. The zero-order valence-electron chi connectivity index (χ0n) is 11.1. The van der Waals surface area contributed by atoms with Crippen LogP contribution in [0.25, 0.3) is 0 Å². The van der Waals surface area contributed by atoms with Crippen molar-refractivity contribution in [2.75, 3.05) is 5.88 Å². The molecule has 0 unspecified atom stereocenters. The summed E-state index contributed by atoms with van der Waals surface area (Å²) in [5, 5.41) is 17.8. The van der Waals surface area contributed by atoms with Gasteiger partial charge < -0.3 is 5.11 Å².